The Balaban J connectivity index is 1.96. The molecule has 2 aromatic rings. The Bertz CT molecular complexity index is 780. The zero-order valence-corrected chi connectivity index (χ0v) is 14.3. The number of nitriles is 1. The minimum atomic E-state index is -0.670. The van der Waals surface area contributed by atoms with Crippen molar-refractivity contribution in [3.05, 3.63) is 48.0 Å². The van der Waals surface area contributed by atoms with Crippen LogP contribution in [-0.2, 0) is 20.7 Å². The van der Waals surface area contributed by atoms with Gasteiger partial charge in [-0.25, -0.2) is 4.79 Å². The number of unbranched alkanes of at least 4 members (excludes halogenated alkanes) is 2. The maximum atomic E-state index is 12.3. The number of methoxy groups -OCH3 is 1. The predicted octanol–water partition coefficient (Wildman–Crippen LogP) is 3.12. The molecule has 0 heterocycles. The van der Waals surface area contributed by atoms with E-state index in [0.29, 0.717) is 25.7 Å². The Morgan fingerprint density at radius 1 is 1.16 bits per heavy atom. The molecule has 0 aromatic heterocycles. The number of esters is 1. The number of benzene rings is 2. The lowest BCUT2D eigenvalue weighted by atomic mass is 10.0. The summed E-state index contributed by atoms with van der Waals surface area (Å²) in [6.07, 6.45) is 2.50. The molecule has 1 amide bonds. The number of ether oxygens (including phenoxy) is 1. The normalized spacial score (nSPS) is 11.5. The summed E-state index contributed by atoms with van der Waals surface area (Å²) in [6.45, 7) is 0. The maximum absolute atomic E-state index is 12.3. The van der Waals surface area contributed by atoms with Crippen LogP contribution in [0.5, 0.6) is 0 Å². The van der Waals surface area contributed by atoms with Gasteiger partial charge in [0.1, 0.15) is 6.04 Å². The van der Waals surface area contributed by atoms with Crippen molar-refractivity contribution in [2.75, 3.05) is 7.11 Å². The Morgan fingerprint density at radius 2 is 1.92 bits per heavy atom. The topological polar surface area (TPSA) is 79.2 Å². The molecule has 0 saturated carbocycles. The predicted molar refractivity (Wildman–Crippen MR) is 95.7 cm³/mol. The number of carbonyl (C=O) groups excluding carboxylic acids is 2. The molecule has 0 spiro atoms. The molecule has 0 saturated heterocycles. The van der Waals surface area contributed by atoms with E-state index in [1.165, 1.54) is 7.11 Å². The third-order valence-corrected chi connectivity index (χ3v) is 4.03. The summed E-state index contributed by atoms with van der Waals surface area (Å²) in [4.78, 5) is 24.1. The Kier molecular flexibility index (Phi) is 6.97. The molecule has 25 heavy (non-hydrogen) atoms. The summed E-state index contributed by atoms with van der Waals surface area (Å²) < 4.78 is 4.76. The van der Waals surface area contributed by atoms with E-state index in [4.69, 9.17) is 10.00 Å². The van der Waals surface area contributed by atoms with Crippen LogP contribution >= 0.6 is 0 Å². The molecule has 2 aromatic carbocycles. The van der Waals surface area contributed by atoms with E-state index in [0.717, 1.165) is 16.3 Å². The van der Waals surface area contributed by atoms with Gasteiger partial charge in [-0.15, -0.1) is 0 Å². The number of nitrogens with zero attached hydrogens (tertiary/aromatic N) is 1. The van der Waals surface area contributed by atoms with Crippen molar-refractivity contribution >= 4 is 22.6 Å². The molecule has 0 bridgehead atoms. The van der Waals surface area contributed by atoms with Gasteiger partial charge in [0.15, 0.2) is 0 Å². The third-order valence-electron chi connectivity index (χ3n) is 4.03. The van der Waals surface area contributed by atoms with Crippen molar-refractivity contribution in [1.29, 1.82) is 5.26 Å². The molecule has 0 aliphatic carbocycles. The number of nitrogens with one attached hydrogen (secondary N) is 1. The fraction of sp³-hybridized carbons (Fsp3) is 0.350. The SMILES string of the molecule is COC(=O)[C@H](CCCCC#N)NC(=O)Cc1ccc2ccccc2c1. The number of hydrogen-bond acceptors (Lipinski definition) is 4. The van der Waals surface area contributed by atoms with Crippen molar-refractivity contribution in [2.45, 2.75) is 38.1 Å². The second-order valence-electron chi connectivity index (χ2n) is 5.91. The second-order valence-corrected chi connectivity index (χ2v) is 5.91. The largest absolute Gasteiger partial charge is 0.467 e. The fourth-order valence-electron chi connectivity index (χ4n) is 2.72. The molecule has 5 heteroatoms. The first-order valence-electron chi connectivity index (χ1n) is 8.36. The Hall–Kier alpha value is -2.87. The lowest BCUT2D eigenvalue weighted by molar-refractivity contribution is -0.145. The minimum Gasteiger partial charge on any atom is -0.467 e. The van der Waals surface area contributed by atoms with Crippen LogP contribution in [0.3, 0.4) is 0 Å². The Morgan fingerprint density at radius 3 is 2.64 bits per heavy atom. The molecule has 0 aliphatic rings. The zero-order chi connectivity index (χ0) is 18.1. The van der Waals surface area contributed by atoms with E-state index in [9.17, 15) is 9.59 Å². The molecule has 1 atom stereocenters. The smallest absolute Gasteiger partial charge is 0.328 e. The highest BCUT2D eigenvalue weighted by atomic mass is 16.5. The second kappa shape index (κ2) is 9.43. The van der Waals surface area contributed by atoms with Gasteiger partial charge < -0.3 is 10.1 Å². The standard InChI is InChI=1S/C20H22N2O3/c1-25-20(24)18(9-3-2-6-12-21)22-19(23)14-15-10-11-16-7-4-5-8-17(16)13-15/h4-5,7-8,10-11,13,18H,2-3,6,9,14H2,1H3,(H,22,23)/t18-/m0/s1. The highest BCUT2D eigenvalue weighted by molar-refractivity contribution is 5.87. The van der Waals surface area contributed by atoms with Gasteiger partial charge in [0.25, 0.3) is 0 Å². The van der Waals surface area contributed by atoms with Gasteiger partial charge in [0.05, 0.1) is 19.6 Å². The first kappa shape index (κ1) is 18.5. The first-order valence-corrected chi connectivity index (χ1v) is 8.36. The summed E-state index contributed by atoms with van der Waals surface area (Å²) in [5.41, 5.74) is 0.893. The van der Waals surface area contributed by atoms with Gasteiger partial charge in [-0.3, -0.25) is 4.79 Å². The van der Waals surface area contributed by atoms with Crippen molar-refractivity contribution in [1.82, 2.24) is 5.32 Å². The summed E-state index contributed by atoms with van der Waals surface area (Å²) in [5.74, 6) is -0.671. The van der Waals surface area contributed by atoms with E-state index in [1.54, 1.807) is 0 Å². The van der Waals surface area contributed by atoms with Crippen molar-refractivity contribution in [2.24, 2.45) is 0 Å². The van der Waals surface area contributed by atoms with Gasteiger partial charge in [-0.2, -0.15) is 5.26 Å². The van der Waals surface area contributed by atoms with Crippen LogP contribution in [0, 0.1) is 11.3 Å². The summed E-state index contributed by atoms with van der Waals surface area (Å²) in [6, 6.07) is 15.2. The molecule has 0 aliphatic heterocycles. The highest BCUT2D eigenvalue weighted by Crippen LogP contribution is 2.16. The third kappa shape index (κ3) is 5.61. The number of amides is 1. The molecule has 130 valence electrons. The molecule has 1 N–H and O–H groups in total. The van der Waals surface area contributed by atoms with Gasteiger partial charge in [-0.1, -0.05) is 42.5 Å². The summed E-state index contributed by atoms with van der Waals surface area (Å²) in [5, 5.41) is 13.5. The molecular weight excluding hydrogens is 316 g/mol. The average Bonchev–Trinajstić information content (AvgIpc) is 2.63. The summed E-state index contributed by atoms with van der Waals surface area (Å²) >= 11 is 0. The number of carbonyl (C=O) groups is 2. The van der Waals surface area contributed by atoms with E-state index in [2.05, 4.69) is 11.4 Å². The maximum Gasteiger partial charge on any atom is 0.328 e. The van der Waals surface area contributed by atoms with E-state index >= 15 is 0 Å². The molecule has 2 rings (SSSR count). The minimum absolute atomic E-state index is 0.205. The van der Waals surface area contributed by atoms with Crippen molar-refractivity contribution in [3.63, 3.8) is 0 Å². The van der Waals surface area contributed by atoms with Crippen LogP contribution in [0.15, 0.2) is 42.5 Å². The van der Waals surface area contributed by atoms with Gasteiger partial charge in [-0.05, 0) is 35.6 Å². The molecule has 0 unspecified atom stereocenters. The van der Waals surface area contributed by atoms with Crippen LogP contribution < -0.4 is 5.32 Å². The van der Waals surface area contributed by atoms with E-state index < -0.39 is 12.0 Å². The van der Waals surface area contributed by atoms with Crippen LogP contribution in [0.4, 0.5) is 0 Å². The number of fused-ring (bicyclic) bond motifs is 1. The van der Waals surface area contributed by atoms with Crippen LogP contribution in [0.2, 0.25) is 0 Å². The first-order chi connectivity index (χ1) is 12.1. The lowest BCUT2D eigenvalue weighted by Crippen LogP contribution is -2.42. The van der Waals surface area contributed by atoms with Crippen LogP contribution in [0.25, 0.3) is 10.8 Å². The quantitative estimate of drug-likeness (QED) is 0.592. The molecular formula is C20H22N2O3. The van der Waals surface area contributed by atoms with Crippen LogP contribution in [0.1, 0.15) is 31.2 Å². The van der Waals surface area contributed by atoms with Crippen LogP contribution in [-0.4, -0.2) is 25.0 Å². The molecule has 0 radical (unpaired) electrons. The van der Waals surface area contributed by atoms with Crippen molar-refractivity contribution < 1.29 is 14.3 Å². The highest BCUT2D eigenvalue weighted by Gasteiger charge is 2.21. The Labute approximate surface area is 147 Å². The number of rotatable bonds is 8. The number of hydrogen-bond donors (Lipinski definition) is 1. The lowest BCUT2D eigenvalue weighted by Gasteiger charge is -2.16. The van der Waals surface area contributed by atoms with E-state index in [1.807, 2.05) is 42.5 Å². The molecule has 0 fully saturated rings. The van der Waals surface area contributed by atoms with E-state index in [-0.39, 0.29) is 12.3 Å². The average molecular weight is 338 g/mol. The zero-order valence-electron chi connectivity index (χ0n) is 14.3. The van der Waals surface area contributed by atoms with Gasteiger partial charge >= 0.3 is 5.97 Å². The summed E-state index contributed by atoms with van der Waals surface area (Å²) in [7, 11) is 1.31. The fourth-order valence-corrected chi connectivity index (χ4v) is 2.72. The monoisotopic (exact) mass is 338 g/mol. The molecule has 5 nitrogen and oxygen atoms in total. The van der Waals surface area contributed by atoms with Crippen molar-refractivity contribution in [3.8, 4) is 6.07 Å². The van der Waals surface area contributed by atoms with Gasteiger partial charge in [0.2, 0.25) is 5.91 Å². The van der Waals surface area contributed by atoms with Gasteiger partial charge in [0, 0.05) is 6.42 Å².